The van der Waals surface area contributed by atoms with Gasteiger partial charge in [-0.1, -0.05) is 177 Å². The predicted octanol–water partition coefficient (Wildman–Crippen LogP) is 17.0. The molecule has 0 spiro atoms. The summed E-state index contributed by atoms with van der Waals surface area (Å²) in [6.07, 6.45) is 1.92. The molecule has 0 fully saturated rings. The monoisotopic (exact) mass is 1060 g/mol. The van der Waals surface area contributed by atoms with Gasteiger partial charge in [-0.2, -0.15) is 11.3 Å². The standard InChI is InChI=1S/C60H56N3OS.Pt/c1-35(2)45-29-39(37-19-12-11-13-20-37)30-46(36(3)4)56(45)63-50-25-18-24-43(55(50)62-58(63)48-33-41(59(5,6)7)34-49(57(48)64)60(8,9)10)40-31-47(54-42-22-15-14-21-38(42)27-28-61-54)53-44-23-16-17-26-51(44)65-52(53)32-40;/h11-30,32-36,64H,1-10H3;/q-1;. The Balaban J connectivity index is 0.00000548. The average molecular weight is 1060 g/mol. The summed E-state index contributed by atoms with van der Waals surface area (Å²) >= 11 is 1.81. The first-order chi connectivity index (χ1) is 31.1. The number of phenolic OH excluding ortho intramolecular Hbond substituents is 1. The van der Waals surface area contributed by atoms with Crippen LogP contribution in [0.4, 0.5) is 0 Å². The Bertz CT molecular complexity index is 3440. The van der Waals surface area contributed by atoms with Gasteiger partial charge in [0.1, 0.15) is 11.6 Å². The molecular formula is C60H56N3OPtS-. The first-order valence-electron chi connectivity index (χ1n) is 22.9. The van der Waals surface area contributed by atoms with Crippen molar-refractivity contribution in [2.24, 2.45) is 0 Å². The van der Waals surface area contributed by atoms with E-state index in [4.69, 9.17) is 9.97 Å². The SMILES string of the molecule is CC(C)c1cc(-c2ccccc2)cc(C(C)C)c1-n1c(-c2cc(C(C)(C)C)cc(C(C)(C)C)c2O)nc2c(-c3[c-]c(-c4nccc5ccccc45)c4c(c3)sc3ccccc34)cccc21.[Pt]. The summed E-state index contributed by atoms with van der Waals surface area (Å²) in [5, 5.41) is 17.3. The van der Waals surface area contributed by atoms with Crippen molar-refractivity contribution < 1.29 is 26.2 Å². The Hall–Kier alpha value is -5.87. The summed E-state index contributed by atoms with van der Waals surface area (Å²) < 4.78 is 4.77. The quantitative estimate of drug-likeness (QED) is 0.162. The molecule has 0 aliphatic heterocycles. The topological polar surface area (TPSA) is 50.9 Å². The van der Waals surface area contributed by atoms with E-state index in [0.29, 0.717) is 0 Å². The largest absolute Gasteiger partial charge is 0.507 e. The van der Waals surface area contributed by atoms with E-state index in [2.05, 4.69) is 213 Å². The molecule has 1 N–H and O–H groups in total. The van der Waals surface area contributed by atoms with Crippen LogP contribution in [0.25, 0.3) is 92.6 Å². The van der Waals surface area contributed by atoms with Crippen LogP contribution in [0.15, 0.2) is 140 Å². The van der Waals surface area contributed by atoms with Gasteiger partial charge in [-0.25, -0.2) is 4.98 Å². The summed E-state index contributed by atoms with van der Waals surface area (Å²) in [5.41, 5.74) is 13.9. The van der Waals surface area contributed by atoms with Crippen LogP contribution in [-0.2, 0) is 31.9 Å². The zero-order valence-electron chi connectivity index (χ0n) is 39.4. The summed E-state index contributed by atoms with van der Waals surface area (Å²) in [6.45, 7) is 22.4. The van der Waals surface area contributed by atoms with Crippen molar-refractivity contribution in [3.8, 4) is 56.3 Å². The molecule has 3 aromatic heterocycles. The van der Waals surface area contributed by atoms with Gasteiger partial charge < -0.3 is 5.11 Å². The predicted molar refractivity (Wildman–Crippen MR) is 277 cm³/mol. The molecule has 0 bridgehead atoms. The van der Waals surface area contributed by atoms with E-state index >= 15 is 0 Å². The van der Waals surface area contributed by atoms with Crippen molar-refractivity contribution in [3.63, 3.8) is 0 Å². The number of imidazole rings is 1. The molecule has 4 nitrogen and oxygen atoms in total. The molecule has 0 aliphatic carbocycles. The maximum Gasteiger partial charge on any atom is 0.148 e. The Morgan fingerprint density at radius 1 is 0.636 bits per heavy atom. The maximum atomic E-state index is 12.7. The van der Waals surface area contributed by atoms with Crippen LogP contribution in [0, 0.1) is 6.07 Å². The third-order valence-electron chi connectivity index (χ3n) is 13.1. The van der Waals surface area contributed by atoms with Crippen LogP contribution in [0.5, 0.6) is 5.75 Å². The fraction of sp³-hybridized carbons (Fsp3) is 0.233. The number of nitrogens with zero attached hydrogens (tertiary/aromatic N) is 3. The Morgan fingerprint density at radius 2 is 1.30 bits per heavy atom. The number of aromatic nitrogens is 3. The zero-order chi connectivity index (χ0) is 45.5. The van der Waals surface area contributed by atoms with E-state index in [1.807, 2.05) is 6.20 Å². The second kappa shape index (κ2) is 17.1. The van der Waals surface area contributed by atoms with Gasteiger partial charge in [-0.05, 0) is 108 Å². The van der Waals surface area contributed by atoms with Crippen LogP contribution in [0.2, 0.25) is 0 Å². The third kappa shape index (κ3) is 7.78. The number of hydrogen-bond donors (Lipinski definition) is 1. The Morgan fingerprint density at radius 3 is 1.98 bits per heavy atom. The molecule has 0 atom stereocenters. The van der Waals surface area contributed by atoms with Crippen molar-refractivity contribution in [2.75, 3.05) is 0 Å². The summed E-state index contributed by atoms with van der Waals surface area (Å²) in [6, 6.07) is 51.9. The number of pyridine rings is 1. The van der Waals surface area contributed by atoms with Crippen LogP contribution >= 0.6 is 11.3 Å². The normalized spacial score (nSPS) is 12.3. The summed E-state index contributed by atoms with van der Waals surface area (Å²) in [7, 11) is 0. The minimum Gasteiger partial charge on any atom is -0.507 e. The van der Waals surface area contributed by atoms with Crippen molar-refractivity contribution in [2.45, 2.75) is 91.9 Å². The molecule has 0 saturated heterocycles. The first kappa shape index (κ1) is 45.3. The second-order valence-electron chi connectivity index (χ2n) is 20.3. The second-order valence-corrected chi connectivity index (χ2v) is 21.4. The van der Waals surface area contributed by atoms with E-state index in [9.17, 15) is 5.11 Å². The van der Waals surface area contributed by atoms with Gasteiger partial charge in [-0.15, -0.1) is 17.7 Å². The van der Waals surface area contributed by atoms with E-state index in [-0.39, 0.29) is 49.5 Å². The third-order valence-corrected chi connectivity index (χ3v) is 14.2. The molecule has 0 radical (unpaired) electrons. The van der Waals surface area contributed by atoms with Gasteiger partial charge in [0.2, 0.25) is 0 Å². The molecule has 0 saturated carbocycles. The fourth-order valence-electron chi connectivity index (χ4n) is 9.58. The van der Waals surface area contributed by atoms with Gasteiger partial charge >= 0.3 is 0 Å². The average Bonchev–Trinajstić information content (AvgIpc) is 3.86. The number of benzene rings is 7. The molecule has 334 valence electrons. The number of para-hydroxylation sites is 1. The molecule has 0 aliphatic rings. The van der Waals surface area contributed by atoms with Gasteiger partial charge in [0.05, 0.1) is 22.3 Å². The molecule has 10 rings (SSSR count). The number of thiophene rings is 1. The molecule has 10 aromatic rings. The van der Waals surface area contributed by atoms with E-state index in [1.54, 1.807) is 11.3 Å². The van der Waals surface area contributed by atoms with E-state index in [0.717, 1.165) is 77.8 Å². The molecule has 6 heteroatoms. The molecule has 3 heterocycles. The van der Waals surface area contributed by atoms with Crippen LogP contribution in [-0.4, -0.2) is 19.6 Å². The maximum absolute atomic E-state index is 12.7. The van der Waals surface area contributed by atoms with Crippen LogP contribution < -0.4 is 0 Å². The minimum absolute atomic E-state index is 0. The first-order valence-corrected chi connectivity index (χ1v) is 23.8. The van der Waals surface area contributed by atoms with Crippen molar-refractivity contribution in [1.29, 1.82) is 0 Å². The van der Waals surface area contributed by atoms with Crippen LogP contribution in [0.3, 0.4) is 0 Å². The zero-order valence-corrected chi connectivity index (χ0v) is 42.5. The number of aromatic hydroxyl groups is 1. The molecule has 66 heavy (non-hydrogen) atoms. The summed E-state index contributed by atoms with van der Waals surface area (Å²) in [5.74, 6) is 1.35. The van der Waals surface area contributed by atoms with Crippen molar-refractivity contribution >= 4 is 53.3 Å². The smallest absolute Gasteiger partial charge is 0.148 e. The molecule has 0 unspecified atom stereocenters. The van der Waals surface area contributed by atoms with Crippen LogP contribution in [0.1, 0.15) is 103 Å². The van der Waals surface area contributed by atoms with Crippen molar-refractivity contribution in [1.82, 2.24) is 14.5 Å². The Kier molecular flexibility index (Phi) is 11.7. The summed E-state index contributed by atoms with van der Waals surface area (Å²) in [4.78, 5) is 10.9. The fourth-order valence-corrected chi connectivity index (χ4v) is 10.7. The van der Waals surface area contributed by atoms with Gasteiger partial charge in [-0.3, -0.25) is 9.55 Å². The van der Waals surface area contributed by atoms with E-state index in [1.165, 1.54) is 37.0 Å². The number of phenols is 1. The molecular weight excluding hydrogens is 1010 g/mol. The van der Waals surface area contributed by atoms with Gasteiger partial charge in [0.15, 0.2) is 0 Å². The number of fused-ring (bicyclic) bond motifs is 5. The van der Waals surface area contributed by atoms with Gasteiger partial charge in [0.25, 0.3) is 0 Å². The Labute approximate surface area is 407 Å². The minimum atomic E-state index is -0.327. The molecule has 0 amide bonds. The van der Waals surface area contributed by atoms with Gasteiger partial charge in [0, 0.05) is 43.2 Å². The van der Waals surface area contributed by atoms with E-state index < -0.39 is 0 Å². The number of hydrogen-bond acceptors (Lipinski definition) is 4. The number of rotatable bonds is 7. The molecule has 7 aromatic carbocycles. The van der Waals surface area contributed by atoms with Crippen molar-refractivity contribution in [3.05, 3.63) is 168 Å².